The number of nitrogens with one attached hydrogen (secondary N) is 1. The molecule has 0 fully saturated rings. The Morgan fingerprint density at radius 2 is 2.00 bits per heavy atom. The van der Waals surface area contributed by atoms with Gasteiger partial charge < -0.3 is 25.0 Å². The van der Waals surface area contributed by atoms with E-state index in [1.807, 2.05) is 0 Å². The van der Waals surface area contributed by atoms with Gasteiger partial charge in [0.2, 0.25) is 5.88 Å². The van der Waals surface area contributed by atoms with E-state index in [9.17, 15) is 15.0 Å². The SMILES string of the molecule is CNCCn1cc(C(=O)N(C)Cc2ccc(Cl)c(Cl)c2)c(O)c1O. The van der Waals surface area contributed by atoms with E-state index in [1.54, 1.807) is 32.3 Å². The van der Waals surface area contributed by atoms with Gasteiger partial charge in [-0.15, -0.1) is 0 Å². The first-order valence-corrected chi connectivity index (χ1v) is 8.05. The van der Waals surface area contributed by atoms with Crippen LogP contribution in [0.2, 0.25) is 10.0 Å². The highest BCUT2D eigenvalue weighted by Gasteiger charge is 2.23. The molecule has 0 unspecified atom stereocenters. The molecule has 0 aliphatic heterocycles. The number of carbonyl (C=O) groups excluding carboxylic acids is 1. The number of likely N-dealkylation sites (N-methyl/N-ethyl adjacent to an activating group) is 1. The molecule has 6 nitrogen and oxygen atoms in total. The number of hydrogen-bond acceptors (Lipinski definition) is 4. The van der Waals surface area contributed by atoms with Crippen LogP contribution in [-0.4, -0.2) is 46.2 Å². The Kier molecular flexibility index (Phi) is 5.99. The molecule has 2 rings (SSSR count). The van der Waals surface area contributed by atoms with Gasteiger partial charge in [0.05, 0.1) is 10.0 Å². The summed E-state index contributed by atoms with van der Waals surface area (Å²) in [6.07, 6.45) is 1.44. The zero-order valence-electron chi connectivity index (χ0n) is 13.4. The third kappa shape index (κ3) is 3.95. The van der Waals surface area contributed by atoms with Crippen molar-refractivity contribution in [1.82, 2.24) is 14.8 Å². The van der Waals surface area contributed by atoms with Crippen LogP contribution < -0.4 is 5.32 Å². The van der Waals surface area contributed by atoms with Crippen LogP contribution in [-0.2, 0) is 13.1 Å². The van der Waals surface area contributed by atoms with Crippen LogP contribution in [0.5, 0.6) is 11.6 Å². The maximum absolute atomic E-state index is 12.5. The van der Waals surface area contributed by atoms with Gasteiger partial charge in [-0.2, -0.15) is 0 Å². The van der Waals surface area contributed by atoms with Gasteiger partial charge >= 0.3 is 0 Å². The van der Waals surface area contributed by atoms with Gasteiger partial charge in [-0.05, 0) is 24.7 Å². The van der Waals surface area contributed by atoms with Crippen molar-refractivity contribution in [3.8, 4) is 11.6 Å². The summed E-state index contributed by atoms with van der Waals surface area (Å²) in [5.41, 5.74) is 0.852. The minimum absolute atomic E-state index is 0.0474. The maximum Gasteiger partial charge on any atom is 0.259 e. The number of nitrogens with zero attached hydrogens (tertiary/aromatic N) is 2. The van der Waals surface area contributed by atoms with Gasteiger partial charge in [0.15, 0.2) is 5.75 Å². The summed E-state index contributed by atoms with van der Waals surface area (Å²) in [5, 5.41) is 23.7. The van der Waals surface area contributed by atoms with Crippen LogP contribution in [0.3, 0.4) is 0 Å². The molecule has 0 saturated heterocycles. The monoisotopic (exact) mass is 371 g/mol. The lowest BCUT2D eigenvalue weighted by Crippen LogP contribution is -2.26. The van der Waals surface area contributed by atoms with Gasteiger partial charge in [-0.25, -0.2) is 0 Å². The molecule has 1 amide bonds. The average Bonchev–Trinajstić information content (AvgIpc) is 2.83. The lowest BCUT2D eigenvalue weighted by molar-refractivity contribution is 0.0782. The molecule has 0 atom stereocenters. The molecule has 0 aliphatic rings. The van der Waals surface area contributed by atoms with Crippen molar-refractivity contribution in [2.45, 2.75) is 13.1 Å². The predicted octanol–water partition coefficient (Wildman–Crippen LogP) is 2.70. The van der Waals surface area contributed by atoms with E-state index in [4.69, 9.17) is 23.2 Å². The molecule has 0 bridgehead atoms. The Morgan fingerprint density at radius 1 is 1.29 bits per heavy atom. The van der Waals surface area contributed by atoms with E-state index < -0.39 is 11.7 Å². The Bertz CT molecular complexity index is 746. The lowest BCUT2D eigenvalue weighted by atomic mass is 10.2. The first-order chi connectivity index (χ1) is 11.3. The number of halogens is 2. The Morgan fingerprint density at radius 3 is 2.62 bits per heavy atom. The summed E-state index contributed by atoms with van der Waals surface area (Å²) in [6.45, 7) is 1.31. The highest BCUT2D eigenvalue weighted by molar-refractivity contribution is 6.42. The molecule has 2 aromatic rings. The minimum Gasteiger partial charge on any atom is -0.503 e. The summed E-state index contributed by atoms with van der Waals surface area (Å²) >= 11 is 11.9. The highest BCUT2D eigenvalue weighted by atomic mass is 35.5. The Balaban J connectivity index is 2.16. The first kappa shape index (κ1) is 18.4. The third-order valence-corrected chi connectivity index (χ3v) is 4.35. The van der Waals surface area contributed by atoms with E-state index in [-0.39, 0.29) is 18.0 Å². The molecule has 1 aromatic heterocycles. The fourth-order valence-corrected chi connectivity index (χ4v) is 2.60. The fourth-order valence-electron chi connectivity index (χ4n) is 2.28. The number of amides is 1. The van der Waals surface area contributed by atoms with E-state index in [1.165, 1.54) is 15.7 Å². The molecule has 8 heteroatoms. The molecule has 0 saturated carbocycles. The summed E-state index contributed by atoms with van der Waals surface area (Å²) in [5.74, 6) is -1.15. The van der Waals surface area contributed by atoms with Crippen LogP contribution in [0.4, 0.5) is 0 Å². The summed E-state index contributed by atoms with van der Waals surface area (Å²) < 4.78 is 1.42. The largest absolute Gasteiger partial charge is 0.503 e. The van der Waals surface area contributed by atoms with Gasteiger partial charge in [-0.1, -0.05) is 29.3 Å². The van der Waals surface area contributed by atoms with E-state index >= 15 is 0 Å². The van der Waals surface area contributed by atoms with Crippen molar-refractivity contribution < 1.29 is 15.0 Å². The summed E-state index contributed by atoms with van der Waals surface area (Å²) in [7, 11) is 3.38. The molecule has 1 aromatic carbocycles. The second-order valence-electron chi connectivity index (χ2n) is 5.42. The summed E-state index contributed by atoms with van der Waals surface area (Å²) in [4.78, 5) is 14.0. The number of carbonyl (C=O) groups is 1. The van der Waals surface area contributed by atoms with Crippen LogP contribution in [0.15, 0.2) is 24.4 Å². The number of aromatic hydroxyl groups is 2. The molecule has 24 heavy (non-hydrogen) atoms. The number of benzene rings is 1. The fraction of sp³-hybridized carbons (Fsp3) is 0.312. The van der Waals surface area contributed by atoms with Crippen LogP contribution in [0.1, 0.15) is 15.9 Å². The van der Waals surface area contributed by atoms with Crippen molar-refractivity contribution in [2.24, 2.45) is 0 Å². The van der Waals surface area contributed by atoms with Crippen LogP contribution >= 0.6 is 23.2 Å². The van der Waals surface area contributed by atoms with Gasteiger partial charge in [0, 0.05) is 32.9 Å². The molecule has 0 radical (unpaired) electrons. The molecular formula is C16H19Cl2N3O3. The number of hydrogen-bond donors (Lipinski definition) is 3. The average molecular weight is 372 g/mol. The van der Waals surface area contributed by atoms with Gasteiger partial charge in [-0.3, -0.25) is 4.79 Å². The predicted molar refractivity (Wildman–Crippen MR) is 93.9 cm³/mol. The van der Waals surface area contributed by atoms with E-state index in [0.29, 0.717) is 23.1 Å². The molecule has 0 spiro atoms. The lowest BCUT2D eigenvalue weighted by Gasteiger charge is -2.17. The number of rotatable bonds is 6. The van der Waals surface area contributed by atoms with Crippen molar-refractivity contribution in [2.75, 3.05) is 20.6 Å². The van der Waals surface area contributed by atoms with Crippen molar-refractivity contribution >= 4 is 29.1 Å². The Hall–Kier alpha value is -1.89. The summed E-state index contributed by atoms with van der Waals surface area (Å²) in [6, 6.07) is 5.12. The first-order valence-electron chi connectivity index (χ1n) is 7.30. The smallest absolute Gasteiger partial charge is 0.259 e. The standard InChI is InChI=1S/C16H19Cl2N3O3/c1-19-5-6-21-9-11(14(22)16(21)24)15(23)20(2)8-10-3-4-12(17)13(18)7-10/h3-4,7,9,19,22,24H,5-6,8H2,1-2H3. The molecule has 1 heterocycles. The van der Waals surface area contributed by atoms with Crippen LogP contribution in [0, 0.1) is 0 Å². The second-order valence-corrected chi connectivity index (χ2v) is 6.24. The molecule has 130 valence electrons. The van der Waals surface area contributed by atoms with Crippen LogP contribution in [0.25, 0.3) is 0 Å². The molecular weight excluding hydrogens is 353 g/mol. The molecule has 3 N–H and O–H groups in total. The zero-order chi connectivity index (χ0) is 17.9. The van der Waals surface area contributed by atoms with Crippen molar-refractivity contribution in [3.63, 3.8) is 0 Å². The normalized spacial score (nSPS) is 10.8. The Labute approximate surface area is 150 Å². The van der Waals surface area contributed by atoms with Crippen molar-refractivity contribution in [1.29, 1.82) is 0 Å². The quantitative estimate of drug-likeness (QED) is 0.729. The topological polar surface area (TPSA) is 77.7 Å². The third-order valence-electron chi connectivity index (χ3n) is 3.61. The van der Waals surface area contributed by atoms with E-state index in [2.05, 4.69) is 5.32 Å². The maximum atomic E-state index is 12.5. The van der Waals surface area contributed by atoms with E-state index in [0.717, 1.165) is 5.56 Å². The number of aromatic nitrogens is 1. The van der Waals surface area contributed by atoms with Gasteiger partial charge in [0.25, 0.3) is 5.91 Å². The molecule has 0 aliphatic carbocycles. The van der Waals surface area contributed by atoms with Gasteiger partial charge in [0.1, 0.15) is 5.56 Å². The minimum atomic E-state index is -0.419. The second kappa shape index (κ2) is 7.79. The zero-order valence-corrected chi connectivity index (χ0v) is 14.9. The highest BCUT2D eigenvalue weighted by Crippen LogP contribution is 2.32. The van der Waals surface area contributed by atoms with Crippen molar-refractivity contribution in [3.05, 3.63) is 45.6 Å².